The molecule has 2 aliphatic heterocycles. The number of nitrogens with zero attached hydrogens (tertiary/aromatic N) is 7. The van der Waals surface area contributed by atoms with Gasteiger partial charge in [-0.05, 0) is 81.3 Å². The molecule has 0 bridgehead atoms. The number of hydrogen-bond donors (Lipinski definition) is 4. The highest BCUT2D eigenvalue weighted by molar-refractivity contribution is 6.31. The standard InChI is InChI=1S/C50H51Cl2N11O5/c1-6-7-31-8-18-37-42(22-31)63-30(4)60-61-50(63)40(59-47(37)32-9-13-34(51)14-10-32)25-44(65)56-27-46(67)54-21-20-53-45(66)26-55-43(64)24-39-49-28(2)57-29(3)62(49)41-19-17-36(68-5)23-38(41)48(58-39)33-11-15-35(52)16-12-33/h8-19,22-23,39-40H,6-7,20-21,24-27H2,1-5H3,(H,53,66)(H,54,67)(H,55,64)(H,56,65). The zero-order valence-electron chi connectivity index (χ0n) is 38.3. The molecule has 4 heterocycles. The van der Waals surface area contributed by atoms with Crippen LogP contribution in [-0.4, -0.2) is 92.7 Å². The minimum Gasteiger partial charge on any atom is -0.497 e. The second kappa shape index (κ2) is 20.8. The van der Waals surface area contributed by atoms with E-state index in [0.29, 0.717) is 38.9 Å². The maximum absolute atomic E-state index is 13.5. The summed E-state index contributed by atoms with van der Waals surface area (Å²) in [6, 6.07) is 25.4. The second-order valence-electron chi connectivity index (χ2n) is 16.6. The van der Waals surface area contributed by atoms with Crippen molar-refractivity contribution >= 4 is 58.3 Å². The van der Waals surface area contributed by atoms with Crippen LogP contribution < -0.4 is 26.0 Å². The van der Waals surface area contributed by atoms with Crippen LogP contribution in [0.4, 0.5) is 0 Å². The van der Waals surface area contributed by atoms with Gasteiger partial charge in [-0.3, -0.25) is 38.3 Å². The molecule has 16 nitrogen and oxygen atoms in total. The predicted octanol–water partition coefficient (Wildman–Crippen LogP) is 6.38. The van der Waals surface area contributed by atoms with Crippen LogP contribution in [0.2, 0.25) is 10.0 Å². The molecule has 68 heavy (non-hydrogen) atoms. The summed E-state index contributed by atoms with van der Waals surface area (Å²) in [5.41, 5.74) is 9.01. The van der Waals surface area contributed by atoms with Crippen LogP contribution in [0.15, 0.2) is 94.9 Å². The average molecular weight is 957 g/mol. The number of nitrogens with one attached hydrogen (secondary N) is 4. The van der Waals surface area contributed by atoms with Crippen LogP contribution >= 0.6 is 23.2 Å². The number of aryl methyl sites for hydroxylation is 4. The molecule has 0 spiro atoms. The molecule has 4 N–H and O–H groups in total. The van der Waals surface area contributed by atoms with Crippen LogP contribution in [0.25, 0.3) is 11.4 Å². The molecule has 2 unspecified atom stereocenters. The fraction of sp³-hybridized carbons (Fsp3) is 0.300. The van der Waals surface area contributed by atoms with E-state index < -0.39 is 35.7 Å². The predicted molar refractivity (Wildman–Crippen MR) is 261 cm³/mol. The zero-order valence-corrected chi connectivity index (χ0v) is 39.8. The van der Waals surface area contributed by atoms with Gasteiger partial charge in [0.1, 0.15) is 29.5 Å². The second-order valence-corrected chi connectivity index (χ2v) is 17.4. The van der Waals surface area contributed by atoms with Crippen LogP contribution in [0.5, 0.6) is 5.75 Å². The third-order valence-corrected chi connectivity index (χ3v) is 12.3. The van der Waals surface area contributed by atoms with E-state index in [1.165, 1.54) is 0 Å². The average Bonchev–Trinajstić information content (AvgIpc) is 3.76. The molecule has 18 heteroatoms. The smallest absolute Gasteiger partial charge is 0.239 e. The molecule has 6 aromatic rings. The molecule has 8 rings (SSSR count). The van der Waals surface area contributed by atoms with E-state index >= 15 is 0 Å². The Kier molecular flexibility index (Phi) is 14.5. The van der Waals surface area contributed by atoms with Gasteiger partial charge in [-0.15, -0.1) is 10.2 Å². The summed E-state index contributed by atoms with van der Waals surface area (Å²) in [5.74, 6) is 0.852. The van der Waals surface area contributed by atoms with E-state index in [-0.39, 0.29) is 39.0 Å². The summed E-state index contributed by atoms with van der Waals surface area (Å²) in [6.45, 7) is 7.37. The lowest BCUT2D eigenvalue weighted by Crippen LogP contribution is -2.42. The van der Waals surface area contributed by atoms with Crippen molar-refractivity contribution in [2.75, 3.05) is 33.3 Å². The monoisotopic (exact) mass is 955 g/mol. The molecule has 2 aromatic heterocycles. The lowest BCUT2D eigenvalue weighted by molar-refractivity contribution is -0.126. The van der Waals surface area contributed by atoms with Crippen molar-refractivity contribution in [1.29, 1.82) is 0 Å². The summed E-state index contributed by atoms with van der Waals surface area (Å²) in [7, 11) is 1.60. The van der Waals surface area contributed by atoms with Crippen molar-refractivity contribution in [3.63, 3.8) is 0 Å². The van der Waals surface area contributed by atoms with Crippen molar-refractivity contribution in [2.45, 2.75) is 65.5 Å². The van der Waals surface area contributed by atoms with Gasteiger partial charge in [-0.2, -0.15) is 0 Å². The number of ether oxygens (including phenoxy) is 1. The third-order valence-electron chi connectivity index (χ3n) is 11.7. The summed E-state index contributed by atoms with van der Waals surface area (Å²) >= 11 is 12.5. The summed E-state index contributed by atoms with van der Waals surface area (Å²) in [6.07, 6.45) is 1.71. The number of aromatic nitrogens is 5. The Morgan fingerprint density at radius 3 is 1.82 bits per heavy atom. The zero-order chi connectivity index (χ0) is 48.1. The quantitative estimate of drug-likeness (QED) is 0.0802. The highest BCUT2D eigenvalue weighted by atomic mass is 35.5. The van der Waals surface area contributed by atoms with Crippen LogP contribution in [0.1, 0.15) is 94.9 Å². The van der Waals surface area contributed by atoms with Crippen molar-refractivity contribution in [2.24, 2.45) is 9.98 Å². The Hall–Kier alpha value is -7.17. The number of carbonyl (C=O) groups is 4. The molecular formula is C50H51Cl2N11O5. The van der Waals surface area contributed by atoms with E-state index in [1.54, 1.807) is 31.4 Å². The lowest BCUT2D eigenvalue weighted by atomic mass is 9.97. The van der Waals surface area contributed by atoms with Gasteiger partial charge in [0.2, 0.25) is 23.6 Å². The van der Waals surface area contributed by atoms with E-state index in [9.17, 15) is 19.2 Å². The first-order valence-electron chi connectivity index (χ1n) is 22.4. The van der Waals surface area contributed by atoms with E-state index in [0.717, 1.165) is 69.2 Å². The lowest BCUT2D eigenvalue weighted by Gasteiger charge is -2.16. The third kappa shape index (κ3) is 10.4. The molecule has 2 atom stereocenters. The highest BCUT2D eigenvalue weighted by Gasteiger charge is 2.32. The molecule has 2 aliphatic rings. The number of carbonyl (C=O) groups excluding carboxylic acids is 4. The Bertz CT molecular complexity index is 2960. The summed E-state index contributed by atoms with van der Waals surface area (Å²) in [4.78, 5) is 67.6. The van der Waals surface area contributed by atoms with Crippen LogP contribution in [0.3, 0.4) is 0 Å². The molecule has 0 radical (unpaired) electrons. The number of hydrogen-bond acceptors (Lipinski definition) is 10. The van der Waals surface area contributed by atoms with E-state index in [2.05, 4.69) is 50.5 Å². The molecular weight excluding hydrogens is 906 g/mol. The molecule has 4 aromatic carbocycles. The van der Waals surface area contributed by atoms with Gasteiger partial charge in [0, 0.05) is 45.4 Å². The van der Waals surface area contributed by atoms with Gasteiger partial charge < -0.3 is 26.0 Å². The Labute approximate surface area is 403 Å². The molecule has 0 aliphatic carbocycles. The molecule has 0 saturated heterocycles. The largest absolute Gasteiger partial charge is 0.497 e. The van der Waals surface area contributed by atoms with Crippen LogP contribution in [-0.2, 0) is 25.6 Å². The van der Waals surface area contributed by atoms with E-state index in [4.69, 9.17) is 42.9 Å². The topological polar surface area (TPSA) is 199 Å². The summed E-state index contributed by atoms with van der Waals surface area (Å²) in [5, 5.41) is 20.8. The van der Waals surface area contributed by atoms with Gasteiger partial charge in [-0.1, -0.05) is 72.9 Å². The fourth-order valence-corrected chi connectivity index (χ4v) is 8.86. The number of methoxy groups -OCH3 is 1. The Morgan fingerprint density at radius 2 is 1.22 bits per heavy atom. The maximum Gasteiger partial charge on any atom is 0.239 e. The Balaban J connectivity index is 0.848. The first-order valence-corrected chi connectivity index (χ1v) is 23.1. The number of halogens is 2. The highest BCUT2D eigenvalue weighted by Crippen LogP contribution is 2.38. The minimum absolute atomic E-state index is 0.0623. The first-order chi connectivity index (χ1) is 32.8. The molecule has 0 saturated carbocycles. The van der Waals surface area contributed by atoms with Gasteiger partial charge >= 0.3 is 0 Å². The van der Waals surface area contributed by atoms with Gasteiger partial charge in [0.25, 0.3) is 0 Å². The van der Waals surface area contributed by atoms with Crippen molar-refractivity contribution in [3.05, 3.63) is 152 Å². The van der Waals surface area contributed by atoms with Crippen LogP contribution in [0, 0.1) is 20.8 Å². The van der Waals surface area contributed by atoms with Gasteiger partial charge in [0.15, 0.2) is 5.82 Å². The van der Waals surface area contributed by atoms with E-state index in [1.807, 2.05) is 78.4 Å². The first kappa shape index (κ1) is 47.3. The van der Waals surface area contributed by atoms with Crippen molar-refractivity contribution in [3.8, 4) is 17.1 Å². The fourth-order valence-electron chi connectivity index (χ4n) is 8.61. The SMILES string of the molecule is CCCc1ccc2c(c1)-n1c(C)nnc1C(CC(=O)NCC(=O)NCCNC(=O)CNC(=O)CC1N=C(c3ccc(Cl)cc3)c3cc(OC)ccc3-n3c(C)nc(C)c31)N=C2c1ccc(Cl)cc1. The van der Waals surface area contributed by atoms with Gasteiger partial charge in [0.05, 0.1) is 67.2 Å². The minimum atomic E-state index is -0.715. The number of imidazole rings is 1. The number of rotatable bonds is 16. The van der Waals surface area contributed by atoms with Gasteiger partial charge in [-0.25, -0.2) is 4.98 Å². The number of benzene rings is 4. The van der Waals surface area contributed by atoms with Crippen molar-refractivity contribution in [1.82, 2.24) is 45.6 Å². The molecule has 0 fully saturated rings. The van der Waals surface area contributed by atoms with Crippen molar-refractivity contribution < 1.29 is 23.9 Å². The Morgan fingerprint density at radius 1 is 0.632 bits per heavy atom. The number of amides is 4. The number of fused-ring (bicyclic) bond motifs is 6. The summed E-state index contributed by atoms with van der Waals surface area (Å²) < 4.78 is 9.54. The molecule has 350 valence electrons. The maximum atomic E-state index is 13.5. The normalized spacial score (nSPS) is 14.7. The number of aliphatic imine (C=N–C) groups is 2. The molecule has 4 amide bonds.